The van der Waals surface area contributed by atoms with Crippen molar-refractivity contribution in [1.29, 1.82) is 0 Å². The van der Waals surface area contributed by atoms with Crippen molar-refractivity contribution in [3.05, 3.63) is 24.3 Å². The molecule has 7 heteroatoms. The van der Waals surface area contributed by atoms with Gasteiger partial charge in [0.15, 0.2) is 0 Å². The van der Waals surface area contributed by atoms with Crippen molar-refractivity contribution in [2.45, 2.75) is 33.1 Å². The molecule has 2 aromatic rings. The zero-order chi connectivity index (χ0) is 19.2. The van der Waals surface area contributed by atoms with Gasteiger partial charge in [-0.15, -0.1) is 5.10 Å². The number of carbonyl (C=O) groups is 1. The predicted molar refractivity (Wildman–Crippen MR) is 104 cm³/mol. The molecule has 0 bridgehead atoms. The molecular weight excluding hydrogens is 344 g/mol. The number of anilines is 1. The maximum Gasteiger partial charge on any atom is 0.318 e. The summed E-state index contributed by atoms with van der Waals surface area (Å²) in [5.41, 5.74) is 0.856. The summed E-state index contributed by atoms with van der Waals surface area (Å²) in [6.07, 6.45) is 2.61. The van der Waals surface area contributed by atoms with Crippen molar-refractivity contribution in [2.75, 3.05) is 31.6 Å². The molecule has 1 aromatic heterocycles. The van der Waals surface area contributed by atoms with E-state index in [1.54, 1.807) is 7.11 Å². The quantitative estimate of drug-likeness (QED) is 0.804. The van der Waals surface area contributed by atoms with E-state index in [4.69, 9.17) is 9.15 Å². The van der Waals surface area contributed by atoms with Crippen LogP contribution in [0.1, 0.15) is 33.1 Å². The van der Waals surface area contributed by atoms with Gasteiger partial charge >= 0.3 is 6.01 Å². The number of rotatable bonds is 7. The number of nitrogens with one attached hydrogen (secondary N) is 1. The molecule has 146 valence electrons. The number of piperidine rings is 1. The smallest absolute Gasteiger partial charge is 0.318 e. The molecule has 0 spiro atoms. The first-order chi connectivity index (χ1) is 13.1. The Kier molecular flexibility index (Phi) is 6.32. The fourth-order valence-corrected chi connectivity index (χ4v) is 3.15. The summed E-state index contributed by atoms with van der Waals surface area (Å²) in [7, 11) is 1.63. The molecule has 1 N–H and O–H groups in total. The van der Waals surface area contributed by atoms with E-state index in [0.29, 0.717) is 17.8 Å². The molecule has 3 rings (SSSR count). The highest BCUT2D eigenvalue weighted by Gasteiger charge is 2.27. The average molecular weight is 372 g/mol. The van der Waals surface area contributed by atoms with E-state index >= 15 is 0 Å². The lowest BCUT2D eigenvalue weighted by Crippen LogP contribution is -2.41. The Hall–Kier alpha value is -2.57. The third-order valence-corrected chi connectivity index (χ3v) is 4.91. The lowest BCUT2D eigenvalue weighted by atomic mass is 9.96. The number of ether oxygens (including phenoxy) is 1. The molecule has 7 nitrogen and oxygen atoms in total. The third kappa shape index (κ3) is 4.99. The van der Waals surface area contributed by atoms with Gasteiger partial charge in [0.1, 0.15) is 5.75 Å². The second-order valence-corrected chi connectivity index (χ2v) is 7.35. The normalized spacial score (nSPS) is 15.2. The van der Waals surface area contributed by atoms with Gasteiger partial charge in [0.2, 0.25) is 11.8 Å². The maximum atomic E-state index is 12.3. The summed E-state index contributed by atoms with van der Waals surface area (Å²) < 4.78 is 11.0. The molecule has 1 fully saturated rings. The number of methoxy groups -OCH3 is 1. The van der Waals surface area contributed by atoms with Crippen LogP contribution in [0.25, 0.3) is 11.5 Å². The molecule has 0 unspecified atom stereocenters. The van der Waals surface area contributed by atoms with Gasteiger partial charge in [-0.3, -0.25) is 4.79 Å². The number of nitrogens with zero attached hydrogens (tertiary/aromatic N) is 3. The van der Waals surface area contributed by atoms with Crippen LogP contribution in [0.5, 0.6) is 5.75 Å². The molecule has 1 aliphatic rings. The van der Waals surface area contributed by atoms with E-state index < -0.39 is 0 Å². The van der Waals surface area contributed by atoms with Crippen LogP contribution in [0.15, 0.2) is 28.7 Å². The summed E-state index contributed by atoms with van der Waals surface area (Å²) in [5.74, 6) is 2.11. The van der Waals surface area contributed by atoms with Gasteiger partial charge in [-0.1, -0.05) is 18.9 Å². The first-order valence-corrected chi connectivity index (χ1v) is 9.57. The highest BCUT2D eigenvalue weighted by molar-refractivity contribution is 5.78. The van der Waals surface area contributed by atoms with Crippen LogP contribution in [0.4, 0.5) is 6.01 Å². The first-order valence-electron chi connectivity index (χ1n) is 9.57. The van der Waals surface area contributed by atoms with Crippen molar-refractivity contribution in [1.82, 2.24) is 15.5 Å². The first kappa shape index (κ1) is 19.2. The summed E-state index contributed by atoms with van der Waals surface area (Å²) in [5, 5.41) is 11.4. The van der Waals surface area contributed by atoms with Crippen LogP contribution in [0, 0.1) is 11.8 Å². The van der Waals surface area contributed by atoms with Crippen molar-refractivity contribution in [3.63, 3.8) is 0 Å². The fourth-order valence-electron chi connectivity index (χ4n) is 3.15. The minimum atomic E-state index is 0.0670. The second kappa shape index (κ2) is 8.88. The van der Waals surface area contributed by atoms with E-state index in [1.807, 2.05) is 24.3 Å². The third-order valence-electron chi connectivity index (χ3n) is 4.91. The van der Waals surface area contributed by atoms with Gasteiger partial charge < -0.3 is 19.4 Å². The Morgan fingerprint density at radius 3 is 2.59 bits per heavy atom. The van der Waals surface area contributed by atoms with Gasteiger partial charge in [-0.05, 0) is 49.4 Å². The fraction of sp³-hybridized carbons (Fsp3) is 0.550. The van der Waals surface area contributed by atoms with Crippen LogP contribution in [0.3, 0.4) is 0 Å². The standard InChI is InChI=1S/C20H28N4O3/c1-14(2)8-11-21-18(25)15-9-12-24(13-10-15)20-23-22-19(27-20)16-4-6-17(26-3)7-5-16/h4-7,14-15H,8-13H2,1-3H3,(H,21,25). The van der Waals surface area contributed by atoms with Crippen LogP contribution in [-0.4, -0.2) is 42.8 Å². The summed E-state index contributed by atoms with van der Waals surface area (Å²) in [6, 6.07) is 8.03. The van der Waals surface area contributed by atoms with E-state index in [0.717, 1.165) is 50.2 Å². The minimum Gasteiger partial charge on any atom is -0.497 e. The van der Waals surface area contributed by atoms with Gasteiger partial charge in [-0.2, -0.15) is 0 Å². The lowest BCUT2D eigenvalue weighted by Gasteiger charge is -2.29. The van der Waals surface area contributed by atoms with Crippen LogP contribution >= 0.6 is 0 Å². The van der Waals surface area contributed by atoms with Gasteiger partial charge in [0, 0.05) is 31.1 Å². The zero-order valence-corrected chi connectivity index (χ0v) is 16.3. The highest BCUT2D eigenvalue weighted by Crippen LogP contribution is 2.27. The van der Waals surface area contributed by atoms with E-state index in [-0.39, 0.29) is 11.8 Å². The van der Waals surface area contributed by atoms with Gasteiger partial charge in [0.05, 0.1) is 7.11 Å². The highest BCUT2D eigenvalue weighted by atomic mass is 16.5. The van der Waals surface area contributed by atoms with Gasteiger partial charge in [-0.25, -0.2) is 0 Å². The Morgan fingerprint density at radius 2 is 1.96 bits per heavy atom. The van der Waals surface area contributed by atoms with Crippen LogP contribution < -0.4 is 15.0 Å². The molecule has 0 atom stereocenters. The van der Waals surface area contributed by atoms with E-state index in [9.17, 15) is 4.79 Å². The predicted octanol–water partition coefficient (Wildman–Crippen LogP) is 3.12. The van der Waals surface area contributed by atoms with Gasteiger partial charge in [0.25, 0.3) is 0 Å². The summed E-state index contributed by atoms with van der Waals surface area (Å²) >= 11 is 0. The number of benzene rings is 1. The molecule has 1 aliphatic heterocycles. The Balaban J connectivity index is 1.52. The van der Waals surface area contributed by atoms with Crippen molar-refractivity contribution in [3.8, 4) is 17.2 Å². The van der Waals surface area contributed by atoms with Crippen molar-refractivity contribution in [2.24, 2.45) is 11.8 Å². The zero-order valence-electron chi connectivity index (χ0n) is 16.3. The molecule has 1 saturated heterocycles. The number of amides is 1. The Morgan fingerprint density at radius 1 is 1.26 bits per heavy atom. The maximum absolute atomic E-state index is 12.3. The lowest BCUT2D eigenvalue weighted by molar-refractivity contribution is -0.125. The molecule has 0 radical (unpaired) electrons. The Bertz CT molecular complexity index is 734. The van der Waals surface area contributed by atoms with Crippen LogP contribution in [0.2, 0.25) is 0 Å². The largest absolute Gasteiger partial charge is 0.497 e. The Labute approximate surface area is 160 Å². The number of hydrogen-bond donors (Lipinski definition) is 1. The average Bonchev–Trinajstić information content (AvgIpc) is 3.18. The molecule has 0 aliphatic carbocycles. The minimum absolute atomic E-state index is 0.0670. The molecule has 0 saturated carbocycles. The molecule has 27 heavy (non-hydrogen) atoms. The molecular formula is C20H28N4O3. The van der Waals surface area contributed by atoms with E-state index in [1.165, 1.54) is 0 Å². The topological polar surface area (TPSA) is 80.5 Å². The SMILES string of the molecule is COc1ccc(-c2nnc(N3CCC(C(=O)NCCC(C)C)CC3)o2)cc1. The summed E-state index contributed by atoms with van der Waals surface area (Å²) in [6.45, 7) is 6.56. The van der Waals surface area contributed by atoms with Crippen LogP contribution in [-0.2, 0) is 4.79 Å². The molecule has 1 amide bonds. The number of aromatic nitrogens is 2. The number of hydrogen-bond acceptors (Lipinski definition) is 6. The van der Waals surface area contributed by atoms with E-state index in [2.05, 4.69) is 34.3 Å². The van der Waals surface area contributed by atoms with Crippen molar-refractivity contribution >= 4 is 11.9 Å². The second-order valence-electron chi connectivity index (χ2n) is 7.35. The molecule has 2 heterocycles. The monoisotopic (exact) mass is 372 g/mol. The molecule has 1 aromatic carbocycles. The number of carbonyl (C=O) groups excluding carboxylic acids is 1. The summed E-state index contributed by atoms with van der Waals surface area (Å²) in [4.78, 5) is 14.3. The van der Waals surface area contributed by atoms with Crippen molar-refractivity contribution < 1.29 is 13.9 Å².